The molecule has 0 aliphatic rings. The van der Waals surface area contributed by atoms with Gasteiger partial charge in [-0.25, -0.2) is 0 Å². The molecule has 102 valence electrons. The predicted molar refractivity (Wildman–Crippen MR) is 70.1 cm³/mol. The molecule has 0 amide bonds. The van der Waals surface area contributed by atoms with Crippen LogP contribution in [0.4, 0.5) is 0 Å². The van der Waals surface area contributed by atoms with Crippen molar-refractivity contribution in [1.82, 2.24) is 10.1 Å². The average molecular weight is 263 g/mol. The lowest BCUT2D eigenvalue weighted by Gasteiger charge is -2.12. The van der Waals surface area contributed by atoms with Gasteiger partial charge < -0.3 is 19.7 Å². The Bertz CT molecular complexity index is 566. The number of nitrogens with zero attached hydrogens (tertiary/aromatic N) is 2. The van der Waals surface area contributed by atoms with E-state index in [0.717, 1.165) is 23.3 Å². The van der Waals surface area contributed by atoms with Gasteiger partial charge in [0.25, 0.3) is 0 Å². The lowest BCUT2D eigenvalue weighted by Crippen LogP contribution is -1.98. The number of rotatable bonds is 5. The summed E-state index contributed by atoms with van der Waals surface area (Å²) in [5.41, 5.74) is 7.32. The minimum Gasteiger partial charge on any atom is -0.497 e. The summed E-state index contributed by atoms with van der Waals surface area (Å²) in [6, 6.07) is 3.71. The van der Waals surface area contributed by atoms with Crippen LogP contribution in [0.3, 0.4) is 0 Å². The molecule has 2 N–H and O–H groups in total. The fourth-order valence-electron chi connectivity index (χ4n) is 1.93. The van der Waals surface area contributed by atoms with Crippen LogP contribution in [-0.4, -0.2) is 24.4 Å². The summed E-state index contributed by atoms with van der Waals surface area (Å²) in [6.45, 7) is 2.26. The zero-order chi connectivity index (χ0) is 13.8. The number of hydrogen-bond donors (Lipinski definition) is 1. The Balaban J connectivity index is 2.59. The van der Waals surface area contributed by atoms with Crippen LogP contribution in [0.2, 0.25) is 0 Å². The van der Waals surface area contributed by atoms with Gasteiger partial charge in [-0.1, -0.05) is 12.1 Å². The van der Waals surface area contributed by atoms with Crippen LogP contribution in [-0.2, 0) is 13.0 Å². The molecule has 0 atom stereocenters. The van der Waals surface area contributed by atoms with Crippen molar-refractivity contribution in [3.8, 4) is 22.9 Å². The molecule has 19 heavy (non-hydrogen) atoms. The van der Waals surface area contributed by atoms with E-state index in [1.165, 1.54) is 0 Å². The number of hydrogen-bond acceptors (Lipinski definition) is 6. The van der Waals surface area contributed by atoms with Crippen LogP contribution in [0, 0.1) is 0 Å². The molecule has 2 rings (SSSR count). The Morgan fingerprint density at radius 1 is 1.26 bits per heavy atom. The first-order valence-electron chi connectivity index (χ1n) is 6.01. The molecule has 0 aliphatic carbocycles. The van der Waals surface area contributed by atoms with Gasteiger partial charge in [0.05, 0.1) is 20.8 Å². The van der Waals surface area contributed by atoms with E-state index in [1.807, 2.05) is 19.1 Å². The van der Waals surface area contributed by atoms with Gasteiger partial charge in [0, 0.05) is 17.2 Å². The first kappa shape index (κ1) is 13.4. The maximum absolute atomic E-state index is 5.48. The van der Waals surface area contributed by atoms with Crippen LogP contribution >= 0.6 is 0 Å². The normalized spacial score (nSPS) is 10.5. The summed E-state index contributed by atoms with van der Waals surface area (Å²) in [4.78, 5) is 4.24. The van der Waals surface area contributed by atoms with Gasteiger partial charge in [-0.2, -0.15) is 4.98 Å². The third-order valence-electron chi connectivity index (χ3n) is 2.88. The van der Waals surface area contributed by atoms with Gasteiger partial charge >= 0.3 is 0 Å². The molecule has 1 heterocycles. The lowest BCUT2D eigenvalue weighted by atomic mass is 10.0. The molecule has 6 heteroatoms. The van der Waals surface area contributed by atoms with Crippen LogP contribution in [0.1, 0.15) is 18.4 Å². The summed E-state index contributed by atoms with van der Waals surface area (Å²) >= 11 is 0. The Morgan fingerprint density at radius 2 is 2.05 bits per heavy atom. The summed E-state index contributed by atoms with van der Waals surface area (Å²) in [7, 11) is 3.23. The molecule has 0 fully saturated rings. The van der Waals surface area contributed by atoms with Crippen LogP contribution < -0.4 is 15.2 Å². The summed E-state index contributed by atoms with van der Waals surface area (Å²) in [5.74, 6) is 2.33. The van der Waals surface area contributed by atoms with Crippen molar-refractivity contribution < 1.29 is 14.0 Å². The number of aromatic nitrogens is 2. The van der Waals surface area contributed by atoms with Crippen LogP contribution in [0.5, 0.6) is 11.5 Å². The third-order valence-corrected chi connectivity index (χ3v) is 2.88. The highest BCUT2D eigenvalue weighted by Crippen LogP contribution is 2.34. The van der Waals surface area contributed by atoms with E-state index in [9.17, 15) is 0 Å². The fourth-order valence-corrected chi connectivity index (χ4v) is 1.93. The summed E-state index contributed by atoms with van der Waals surface area (Å²) < 4.78 is 15.7. The van der Waals surface area contributed by atoms with Crippen molar-refractivity contribution in [1.29, 1.82) is 0 Å². The van der Waals surface area contributed by atoms with Crippen molar-refractivity contribution in [3.63, 3.8) is 0 Å². The zero-order valence-electron chi connectivity index (χ0n) is 11.3. The maximum atomic E-state index is 5.48. The molecule has 0 bridgehead atoms. The van der Waals surface area contributed by atoms with Gasteiger partial charge in [-0.15, -0.1) is 0 Å². The van der Waals surface area contributed by atoms with Gasteiger partial charge in [-0.05, 0) is 12.5 Å². The molecule has 2 aromatic rings. The summed E-state index contributed by atoms with van der Waals surface area (Å²) in [6.07, 6.45) is 0.787. The molecule has 6 nitrogen and oxygen atoms in total. The Kier molecular flexibility index (Phi) is 4.01. The minimum absolute atomic E-state index is 0.218. The smallest absolute Gasteiger partial charge is 0.240 e. The molecule has 0 saturated heterocycles. The maximum Gasteiger partial charge on any atom is 0.240 e. The first-order valence-corrected chi connectivity index (χ1v) is 6.01. The van der Waals surface area contributed by atoms with E-state index >= 15 is 0 Å². The SMILES string of the molecule is CCc1c(OC)cc(OC)cc1-c1noc(CN)n1. The van der Waals surface area contributed by atoms with Crippen LogP contribution in [0.15, 0.2) is 16.7 Å². The number of ether oxygens (including phenoxy) is 2. The van der Waals surface area contributed by atoms with Crippen LogP contribution in [0.25, 0.3) is 11.4 Å². The Morgan fingerprint density at radius 3 is 2.58 bits per heavy atom. The molecule has 0 unspecified atom stereocenters. The topological polar surface area (TPSA) is 83.4 Å². The van der Waals surface area contributed by atoms with Crippen molar-refractivity contribution in [2.24, 2.45) is 5.73 Å². The first-order chi connectivity index (χ1) is 9.23. The number of nitrogens with two attached hydrogens (primary N) is 1. The monoisotopic (exact) mass is 263 g/mol. The fraction of sp³-hybridized carbons (Fsp3) is 0.385. The largest absolute Gasteiger partial charge is 0.497 e. The standard InChI is InChI=1S/C13H17N3O3/c1-4-9-10(13-15-12(7-14)19-16-13)5-8(17-2)6-11(9)18-3/h5-6H,4,7,14H2,1-3H3. The summed E-state index contributed by atoms with van der Waals surface area (Å²) in [5, 5.41) is 3.94. The molecule has 0 aliphatic heterocycles. The highest BCUT2D eigenvalue weighted by molar-refractivity contribution is 5.66. The van der Waals surface area contributed by atoms with Crippen molar-refractivity contribution >= 4 is 0 Å². The molecular weight excluding hydrogens is 246 g/mol. The van der Waals surface area contributed by atoms with E-state index < -0.39 is 0 Å². The minimum atomic E-state index is 0.218. The number of benzene rings is 1. The third kappa shape index (κ3) is 2.53. The molecule has 0 saturated carbocycles. The second-order valence-corrected chi connectivity index (χ2v) is 3.93. The van der Waals surface area contributed by atoms with Crippen molar-refractivity contribution in [3.05, 3.63) is 23.6 Å². The van der Waals surface area contributed by atoms with E-state index in [0.29, 0.717) is 17.5 Å². The quantitative estimate of drug-likeness (QED) is 0.885. The number of methoxy groups -OCH3 is 2. The Labute approximate surface area is 111 Å². The van der Waals surface area contributed by atoms with Gasteiger partial charge in [0.15, 0.2) is 0 Å². The highest BCUT2D eigenvalue weighted by atomic mass is 16.5. The van der Waals surface area contributed by atoms with Gasteiger partial charge in [0.2, 0.25) is 11.7 Å². The van der Waals surface area contributed by atoms with E-state index in [2.05, 4.69) is 10.1 Å². The lowest BCUT2D eigenvalue weighted by molar-refractivity contribution is 0.380. The van der Waals surface area contributed by atoms with E-state index in [-0.39, 0.29) is 6.54 Å². The van der Waals surface area contributed by atoms with E-state index in [1.54, 1.807) is 14.2 Å². The molecule has 0 radical (unpaired) electrons. The molecule has 1 aromatic carbocycles. The average Bonchev–Trinajstić information content (AvgIpc) is 2.94. The van der Waals surface area contributed by atoms with Crippen molar-refractivity contribution in [2.75, 3.05) is 14.2 Å². The molecule has 1 aromatic heterocycles. The second-order valence-electron chi connectivity index (χ2n) is 3.93. The van der Waals surface area contributed by atoms with Gasteiger partial charge in [0.1, 0.15) is 11.5 Å². The van der Waals surface area contributed by atoms with Crippen molar-refractivity contribution in [2.45, 2.75) is 19.9 Å². The molecular formula is C13H17N3O3. The highest BCUT2D eigenvalue weighted by Gasteiger charge is 2.16. The Hall–Kier alpha value is -2.08. The molecule has 0 spiro atoms. The zero-order valence-corrected chi connectivity index (χ0v) is 11.3. The van der Waals surface area contributed by atoms with E-state index in [4.69, 9.17) is 19.7 Å². The predicted octanol–water partition coefficient (Wildman–Crippen LogP) is 1.77. The van der Waals surface area contributed by atoms with Gasteiger partial charge in [-0.3, -0.25) is 0 Å². The second kappa shape index (κ2) is 5.71.